The molecule has 0 aromatic heterocycles. The predicted molar refractivity (Wildman–Crippen MR) is 79.3 cm³/mol. The van der Waals surface area contributed by atoms with E-state index in [1.807, 2.05) is 12.1 Å². The molecule has 0 radical (unpaired) electrons. The number of hydrogen-bond acceptors (Lipinski definition) is 1. The van der Waals surface area contributed by atoms with Crippen molar-refractivity contribution >= 4 is 0 Å². The molecular weight excluding hydrogens is 256 g/mol. The third kappa shape index (κ3) is 3.03. The summed E-state index contributed by atoms with van der Waals surface area (Å²) in [6, 6.07) is 8.34. The van der Waals surface area contributed by atoms with Crippen molar-refractivity contribution in [2.24, 2.45) is 5.73 Å². The number of benzene rings is 1. The molecule has 3 heteroatoms. The Bertz CT molecular complexity index is 464. The molecule has 112 valence electrons. The molecule has 1 aliphatic carbocycles. The number of alkyl halides is 2. The Morgan fingerprint density at radius 2 is 1.70 bits per heavy atom. The van der Waals surface area contributed by atoms with E-state index in [0.717, 1.165) is 5.56 Å². The van der Waals surface area contributed by atoms with Gasteiger partial charge in [0.1, 0.15) is 0 Å². The monoisotopic (exact) mass is 281 g/mol. The Kier molecular flexibility index (Phi) is 3.94. The average molecular weight is 281 g/mol. The van der Waals surface area contributed by atoms with Gasteiger partial charge in [-0.05, 0) is 29.4 Å². The third-order valence-corrected chi connectivity index (χ3v) is 4.67. The van der Waals surface area contributed by atoms with Crippen LogP contribution in [0.3, 0.4) is 0 Å². The van der Waals surface area contributed by atoms with Crippen molar-refractivity contribution in [2.75, 3.05) is 6.54 Å². The van der Waals surface area contributed by atoms with Gasteiger partial charge in [0.2, 0.25) is 5.92 Å². The molecule has 0 heterocycles. The van der Waals surface area contributed by atoms with Gasteiger partial charge in [0, 0.05) is 24.8 Å². The molecule has 2 rings (SSSR count). The zero-order valence-corrected chi connectivity index (χ0v) is 12.7. The first-order valence-corrected chi connectivity index (χ1v) is 7.38. The fourth-order valence-electron chi connectivity index (χ4n) is 3.02. The summed E-state index contributed by atoms with van der Waals surface area (Å²) in [7, 11) is 0. The van der Waals surface area contributed by atoms with E-state index in [9.17, 15) is 8.78 Å². The summed E-state index contributed by atoms with van der Waals surface area (Å²) in [4.78, 5) is 0. The van der Waals surface area contributed by atoms with Crippen LogP contribution in [0.4, 0.5) is 8.78 Å². The standard InChI is InChI=1S/C17H25F2N/c1-15(2,3)13-5-4-6-14(11-13)16(12-20)7-9-17(18,19)10-8-16/h4-6,11H,7-10,12,20H2,1-3H3. The molecule has 2 N–H and O–H groups in total. The number of halogens is 2. The third-order valence-electron chi connectivity index (χ3n) is 4.67. The van der Waals surface area contributed by atoms with Gasteiger partial charge in [-0.25, -0.2) is 8.78 Å². The van der Waals surface area contributed by atoms with Crippen LogP contribution < -0.4 is 5.73 Å². The number of hydrogen-bond donors (Lipinski definition) is 1. The van der Waals surface area contributed by atoms with Crippen LogP contribution in [0.1, 0.15) is 57.6 Å². The second-order valence-corrected chi connectivity index (χ2v) is 7.17. The largest absolute Gasteiger partial charge is 0.330 e. The Labute approximate surface area is 120 Å². The number of nitrogens with two attached hydrogens (primary N) is 1. The van der Waals surface area contributed by atoms with Crippen LogP contribution in [0.15, 0.2) is 24.3 Å². The van der Waals surface area contributed by atoms with Crippen LogP contribution in [0.2, 0.25) is 0 Å². The van der Waals surface area contributed by atoms with Crippen molar-refractivity contribution in [3.63, 3.8) is 0 Å². The summed E-state index contributed by atoms with van der Waals surface area (Å²) >= 11 is 0. The quantitative estimate of drug-likeness (QED) is 0.855. The number of rotatable bonds is 2. The first-order chi connectivity index (χ1) is 9.19. The van der Waals surface area contributed by atoms with E-state index in [1.165, 1.54) is 5.56 Å². The summed E-state index contributed by atoms with van der Waals surface area (Å²) in [6.45, 7) is 6.93. The highest BCUT2D eigenvalue weighted by Crippen LogP contribution is 2.45. The van der Waals surface area contributed by atoms with Gasteiger partial charge in [-0.3, -0.25) is 0 Å². The van der Waals surface area contributed by atoms with Crippen LogP contribution in [0.25, 0.3) is 0 Å². The highest BCUT2D eigenvalue weighted by Gasteiger charge is 2.43. The highest BCUT2D eigenvalue weighted by molar-refractivity contribution is 5.34. The summed E-state index contributed by atoms with van der Waals surface area (Å²) in [5.41, 5.74) is 8.12. The minimum Gasteiger partial charge on any atom is -0.330 e. The summed E-state index contributed by atoms with van der Waals surface area (Å²) in [6.07, 6.45) is 0.849. The Hall–Kier alpha value is -0.960. The van der Waals surface area contributed by atoms with Crippen LogP contribution in [0, 0.1) is 0 Å². The molecule has 1 aromatic rings. The second-order valence-electron chi connectivity index (χ2n) is 7.17. The van der Waals surface area contributed by atoms with Crippen LogP contribution in [0.5, 0.6) is 0 Å². The lowest BCUT2D eigenvalue weighted by Crippen LogP contribution is -2.42. The van der Waals surface area contributed by atoms with Crippen LogP contribution in [-0.4, -0.2) is 12.5 Å². The van der Waals surface area contributed by atoms with E-state index >= 15 is 0 Å². The van der Waals surface area contributed by atoms with E-state index < -0.39 is 5.92 Å². The Balaban J connectivity index is 2.33. The van der Waals surface area contributed by atoms with E-state index in [4.69, 9.17) is 5.73 Å². The molecule has 0 amide bonds. The van der Waals surface area contributed by atoms with Gasteiger partial charge in [0.25, 0.3) is 0 Å². The molecule has 20 heavy (non-hydrogen) atoms. The molecule has 0 aliphatic heterocycles. The van der Waals surface area contributed by atoms with Crippen LogP contribution >= 0.6 is 0 Å². The normalized spacial score (nSPS) is 21.7. The smallest absolute Gasteiger partial charge is 0.248 e. The van der Waals surface area contributed by atoms with E-state index in [0.29, 0.717) is 19.4 Å². The van der Waals surface area contributed by atoms with E-state index in [-0.39, 0.29) is 23.7 Å². The van der Waals surface area contributed by atoms with Crippen LogP contribution in [-0.2, 0) is 10.8 Å². The Morgan fingerprint density at radius 3 is 2.20 bits per heavy atom. The lowest BCUT2D eigenvalue weighted by atomic mass is 9.67. The first kappa shape index (κ1) is 15.4. The fraction of sp³-hybridized carbons (Fsp3) is 0.647. The molecule has 1 fully saturated rings. The molecule has 0 spiro atoms. The van der Waals surface area contributed by atoms with Gasteiger partial charge in [-0.2, -0.15) is 0 Å². The molecule has 1 aliphatic rings. The molecule has 1 saturated carbocycles. The minimum absolute atomic E-state index is 0.0516. The maximum Gasteiger partial charge on any atom is 0.248 e. The maximum atomic E-state index is 13.4. The average Bonchev–Trinajstić information content (AvgIpc) is 2.39. The molecular formula is C17H25F2N. The van der Waals surface area contributed by atoms with Gasteiger partial charge in [0.15, 0.2) is 0 Å². The fourth-order valence-corrected chi connectivity index (χ4v) is 3.02. The SMILES string of the molecule is CC(C)(C)c1cccc(C2(CN)CCC(F)(F)CC2)c1. The second kappa shape index (κ2) is 5.10. The van der Waals surface area contributed by atoms with Gasteiger partial charge in [0.05, 0.1) is 0 Å². The summed E-state index contributed by atoms with van der Waals surface area (Å²) in [5, 5.41) is 0. The van der Waals surface area contributed by atoms with E-state index in [1.54, 1.807) is 0 Å². The zero-order valence-electron chi connectivity index (χ0n) is 12.7. The van der Waals surface area contributed by atoms with Crippen molar-refractivity contribution in [2.45, 2.75) is 63.2 Å². The zero-order chi connectivity index (χ0) is 15.0. The van der Waals surface area contributed by atoms with Crippen molar-refractivity contribution in [3.8, 4) is 0 Å². The molecule has 0 atom stereocenters. The van der Waals surface area contributed by atoms with Gasteiger partial charge in [-0.15, -0.1) is 0 Å². The van der Waals surface area contributed by atoms with E-state index in [2.05, 4.69) is 32.9 Å². The Morgan fingerprint density at radius 1 is 1.10 bits per heavy atom. The lowest BCUT2D eigenvalue weighted by molar-refractivity contribution is -0.0509. The van der Waals surface area contributed by atoms with Crippen molar-refractivity contribution in [1.29, 1.82) is 0 Å². The molecule has 0 unspecified atom stereocenters. The predicted octanol–water partition coefficient (Wildman–Crippen LogP) is 4.39. The van der Waals surface area contributed by atoms with Crippen molar-refractivity contribution in [3.05, 3.63) is 35.4 Å². The molecule has 0 saturated heterocycles. The van der Waals surface area contributed by atoms with Crippen molar-refractivity contribution < 1.29 is 8.78 Å². The van der Waals surface area contributed by atoms with Gasteiger partial charge in [-0.1, -0.05) is 45.0 Å². The highest BCUT2D eigenvalue weighted by atomic mass is 19.3. The molecule has 1 aromatic carbocycles. The first-order valence-electron chi connectivity index (χ1n) is 7.38. The molecule has 1 nitrogen and oxygen atoms in total. The van der Waals surface area contributed by atoms with Crippen molar-refractivity contribution in [1.82, 2.24) is 0 Å². The summed E-state index contributed by atoms with van der Waals surface area (Å²) < 4.78 is 26.9. The van der Waals surface area contributed by atoms with Gasteiger partial charge >= 0.3 is 0 Å². The van der Waals surface area contributed by atoms with Gasteiger partial charge < -0.3 is 5.73 Å². The lowest BCUT2D eigenvalue weighted by Gasteiger charge is -2.40. The minimum atomic E-state index is -2.51. The summed E-state index contributed by atoms with van der Waals surface area (Å²) in [5.74, 6) is -2.51. The maximum absolute atomic E-state index is 13.4. The molecule has 0 bridgehead atoms. The topological polar surface area (TPSA) is 26.0 Å².